The van der Waals surface area contributed by atoms with E-state index in [1.807, 2.05) is 4.57 Å². The molecule has 1 atom stereocenters. The van der Waals surface area contributed by atoms with Crippen molar-refractivity contribution in [2.75, 3.05) is 0 Å². The van der Waals surface area contributed by atoms with Gasteiger partial charge in [-0.05, 0) is 18.4 Å². The van der Waals surface area contributed by atoms with E-state index in [9.17, 15) is 13.2 Å². The molecule has 6 heteroatoms. The topological polar surface area (TPSA) is 30.7 Å². The maximum Gasteiger partial charge on any atom is 0.417 e. The van der Waals surface area contributed by atoms with Crippen LogP contribution in [0.4, 0.5) is 13.2 Å². The average Bonchev–Trinajstić information content (AvgIpc) is 2.80. The normalized spacial score (nSPS) is 18.9. The van der Waals surface area contributed by atoms with Gasteiger partial charge in [-0.3, -0.25) is 0 Å². The predicted octanol–water partition coefficient (Wildman–Crippen LogP) is 3.55. The molecule has 0 fully saturated rings. The van der Waals surface area contributed by atoms with Crippen molar-refractivity contribution in [2.24, 2.45) is 5.92 Å². The monoisotopic (exact) mass is 281 g/mol. The van der Waals surface area contributed by atoms with Crippen LogP contribution in [0.15, 0.2) is 24.3 Å². The second kappa shape index (κ2) is 4.61. The second-order valence-electron chi connectivity index (χ2n) is 5.24. The molecule has 20 heavy (non-hydrogen) atoms. The largest absolute Gasteiger partial charge is 0.417 e. The van der Waals surface area contributed by atoms with Gasteiger partial charge in [-0.15, -0.1) is 10.2 Å². The number of hydrogen-bond acceptors (Lipinski definition) is 2. The van der Waals surface area contributed by atoms with Crippen molar-refractivity contribution >= 4 is 0 Å². The van der Waals surface area contributed by atoms with E-state index in [2.05, 4.69) is 17.1 Å². The van der Waals surface area contributed by atoms with Crippen LogP contribution in [-0.2, 0) is 19.1 Å². The number of rotatable bonds is 1. The Morgan fingerprint density at radius 3 is 2.70 bits per heavy atom. The highest BCUT2D eigenvalue weighted by atomic mass is 19.4. The number of halogens is 3. The van der Waals surface area contributed by atoms with E-state index in [1.54, 1.807) is 6.07 Å². The average molecular weight is 281 g/mol. The molecule has 106 valence electrons. The third-order valence-corrected chi connectivity index (χ3v) is 3.66. The summed E-state index contributed by atoms with van der Waals surface area (Å²) in [7, 11) is 0. The molecule has 0 spiro atoms. The van der Waals surface area contributed by atoms with Crippen molar-refractivity contribution in [1.29, 1.82) is 0 Å². The molecule has 3 nitrogen and oxygen atoms in total. The summed E-state index contributed by atoms with van der Waals surface area (Å²) in [5.41, 5.74) is -0.554. The van der Waals surface area contributed by atoms with Gasteiger partial charge in [0.2, 0.25) is 0 Å². The highest BCUT2D eigenvalue weighted by Crippen LogP contribution is 2.37. The molecule has 2 aromatic rings. The van der Waals surface area contributed by atoms with Crippen LogP contribution >= 0.6 is 0 Å². The number of hydrogen-bond donors (Lipinski definition) is 0. The Hall–Kier alpha value is -1.85. The summed E-state index contributed by atoms with van der Waals surface area (Å²) in [5, 5.41) is 8.03. The number of aromatic nitrogens is 3. The first-order valence-electron chi connectivity index (χ1n) is 6.55. The number of nitrogens with zero attached hydrogens (tertiary/aromatic N) is 3. The Morgan fingerprint density at radius 2 is 1.95 bits per heavy atom. The Kier molecular flexibility index (Phi) is 3.03. The van der Waals surface area contributed by atoms with E-state index in [0.717, 1.165) is 24.7 Å². The van der Waals surface area contributed by atoms with E-state index in [4.69, 9.17) is 0 Å². The molecule has 0 N–H and O–H groups in total. The summed E-state index contributed by atoms with van der Waals surface area (Å²) < 4.78 is 41.1. The van der Waals surface area contributed by atoms with Gasteiger partial charge in [0, 0.05) is 18.5 Å². The Balaban J connectivity index is 2.14. The molecule has 1 aliphatic heterocycles. The molecular weight excluding hydrogens is 267 g/mol. The molecule has 0 radical (unpaired) electrons. The summed E-state index contributed by atoms with van der Waals surface area (Å²) in [6.07, 6.45) is -2.62. The summed E-state index contributed by atoms with van der Waals surface area (Å²) in [4.78, 5) is 0. The Morgan fingerprint density at radius 1 is 1.20 bits per heavy atom. The molecule has 1 aromatic heterocycles. The summed E-state index contributed by atoms with van der Waals surface area (Å²) in [6, 6.07) is 5.53. The van der Waals surface area contributed by atoms with Crippen LogP contribution < -0.4 is 0 Å². The van der Waals surface area contributed by atoms with Crippen LogP contribution in [0.2, 0.25) is 0 Å². The summed E-state index contributed by atoms with van der Waals surface area (Å²) in [6.45, 7) is 2.76. The minimum Gasteiger partial charge on any atom is -0.311 e. The summed E-state index contributed by atoms with van der Waals surface area (Å²) in [5.74, 6) is 1.52. The van der Waals surface area contributed by atoms with Gasteiger partial charge in [-0.2, -0.15) is 13.2 Å². The van der Waals surface area contributed by atoms with Gasteiger partial charge in [0.15, 0.2) is 5.82 Å². The van der Waals surface area contributed by atoms with Crippen molar-refractivity contribution in [3.63, 3.8) is 0 Å². The fourth-order valence-corrected chi connectivity index (χ4v) is 2.62. The van der Waals surface area contributed by atoms with E-state index in [-0.39, 0.29) is 5.56 Å². The first-order chi connectivity index (χ1) is 9.47. The fraction of sp³-hybridized carbons (Fsp3) is 0.429. The molecule has 3 rings (SSSR count). The lowest BCUT2D eigenvalue weighted by Crippen LogP contribution is -2.19. The van der Waals surface area contributed by atoms with E-state index >= 15 is 0 Å². The van der Waals surface area contributed by atoms with Gasteiger partial charge in [-0.1, -0.05) is 25.1 Å². The summed E-state index contributed by atoms with van der Waals surface area (Å²) >= 11 is 0. The SMILES string of the molecule is CC1CCc2nnc(-c3ccccc3C(F)(F)F)n2C1. The number of alkyl halides is 3. The van der Waals surface area contributed by atoms with Crippen LogP contribution in [0.25, 0.3) is 11.4 Å². The molecule has 1 aliphatic rings. The first-order valence-corrected chi connectivity index (χ1v) is 6.55. The van der Waals surface area contributed by atoms with E-state index < -0.39 is 11.7 Å². The van der Waals surface area contributed by atoms with Crippen LogP contribution in [0.3, 0.4) is 0 Å². The van der Waals surface area contributed by atoms with Crippen molar-refractivity contribution in [3.05, 3.63) is 35.7 Å². The van der Waals surface area contributed by atoms with Crippen molar-refractivity contribution in [1.82, 2.24) is 14.8 Å². The maximum atomic E-state index is 13.1. The smallest absolute Gasteiger partial charge is 0.311 e. The lowest BCUT2D eigenvalue weighted by atomic mass is 10.0. The zero-order chi connectivity index (χ0) is 14.3. The second-order valence-corrected chi connectivity index (χ2v) is 5.24. The standard InChI is InChI=1S/C14H14F3N3/c1-9-6-7-12-18-19-13(20(12)8-9)10-4-2-3-5-11(10)14(15,16)17/h2-5,9H,6-8H2,1H3. The first kappa shape index (κ1) is 13.1. The highest BCUT2D eigenvalue weighted by molar-refractivity contribution is 5.61. The lowest BCUT2D eigenvalue weighted by molar-refractivity contribution is -0.137. The highest BCUT2D eigenvalue weighted by Gasteiger charge is 2.35. The van der Waals surface area contributed by atoms with Crippen molar-refractivity contribution in [2.45, 2.75) is 32.5 Å². The van der Waals surface area contributed by atoms with E-state index in [0.29, 0.717) is 18.3 Å². The Labute approximate surface area is 114 Å². The predicted molar refractivity (Wildman–Crippen MR) is 67.9 cm³/mol. The van der Waals surface area contributed by atoms with Gasteiger partial charge in [0.05, 0.1) is 5.56 Å². The lowest BCUT2D eigenvalue weighted by Gasteiger charge is -2.21. The fourth-order valence-electron chi connectivity index (χ4n) is 2.62. The van der Waals surface area contributed by atoms with Crippen LogP contribution in [-0.4, -0.2) is 14.8 Å². The van der Waals surface area contributed by atoms with Gasteiger partial charge < -0.3 is 4.57 Å². The minimum atomic E-state index is -4.39. The van der Waals surface area contributed by atoms with Crippen molar-refractivity contribution < 1.29 is 13.2 Å². The zero-order valence-electron chi connectivity index (χ0n) is 11.0. The van der Waals surface area contributed by atoms with Crippen LogP contribution in [0.5, 0.6) is 0 Å². The van der Waals surface area contributed by atoms with Crippen LogP contribution in [0.1, 0.15) is 24.7 Å². The molecule has 0 bridgehead atoms. The molecular formula is C14H14F3N3. The third-order valence-electron chi connectivity index (χ3n) is 3.66. The Bertz CT molecular complexity index is 631. The van der Waals surface area contributed by atoms with Gasteiger partial charge in [-0.25, -0.2) is 0 Å². The van der Waals surface area contributed by atoms with E-state index in [1.165, 1.54) is 12.1 Å². The zero-order valence-corrected chi connectivity index (χ0v) is 11.0. The molecule has 2 heterocycles. The van der Waals surface area contributed by atoms with Gasteiger partial charge in [0.1, 0.15) is 5.82 Å². The molecule has 0 aliphatic carbocycles. The molecule has 1 aromatic carbocycles. The molecule has 0 saturated carbocycles. The number of aryl methyl sites for hydroxylation is 1. The maximum absolute atomic E-state index is 13.1. The van der Waals surface area contributed by atoms with Gasteiger partial charge >= 0.3 is 6.18 Å². The van der Waals surface area contributed by atoms with Crippen LogP contribution in [0, 0.1) is 5.92 Å². The molecule has 1 unspecified atom stereocenters. The minimum absolute atomic E-state index is 0.104. The number of fused-ring (bicyclic) bond motifs is 1. The van der Waals surface area contributed by atoms with Gasteiger partial charge in [0.25, 0.3) is 0 Å². The van der Waals surface area contributed by atoms with Crippen molar-refractivity contribution in [3.8, 4) is 11.4 Å². The molecule has 0 amide bonds. The quantitative estimate of drug-likeness (QED) is 0.800. The molecule has 0 saturated heterocycles. The number of benzene rings is 1. The third kappa shape index (κ3) is 2.19.